The number of nitriles is 1. The SMILES string of the molecule is CCOc1cc(C(=O)O)cc2c1nc(CN1CCC(c3cccc(OCc4ccc(C#N)cc4F)n3)CC1)n2C[C@@H]1CCO1. The highest BCUT2D eigenvalue weighted by Crippen LogP contribution is 2.32. The minimum Gasteiger partial charge on any atom is -0.492 e. The number of carboxylic acids is 1. The molecule has 10 nitrogen and oxygen atoms in total. The van der Waals surface area contributed by atoms with Crippen molar-refractivity contribution >= 4 is 17.0 Å². The number of rotatable bonds is 11. The molecule has 2 saturated heterocycles. The van der Waals surface area contributed by atoms with Crippen LogP contribution < -0.4 is 9.47 Å². The summed E-state index contributed by atoms with van der Waals surface area (Å²) in [6, 6.07) is 15.2. The van der Waals surface area contributed by atoms with E-state index in [0.717, 1.165) is 56.0 Å². The molecule has 0 saturated carbocycles. The molecule has 0 radical (unpaired) electrons. The number of aromatic carboxylic acids is 1. The van der Waals surface area contributed by atoms with Gasteiger partial charge in [-0.25, -0.2) is 19.2 Å². The van der Waals surface area contributed by atoms with Gasteiger partial charge in [-0.3, -0.25) is 4.90 Å². The van der Waals surface area contributed by atoms with Gasteiger partial charge in [-0.2, -0.15) is 5.26 Å². The first kappa shape index (κ1) is 29.5. The number of likely N-dealkylation sites (tertiary alicyclic amines) is 1. The molecule has 6 rings (SSSR count). The Hall–Kier alpha value is -4.53. The lowest BCUT2D eigenvalue weighted by Gasteiger charge is -2.32. The number of carbonyl (C=O) groups is 1. The van der Waals surface area contributed by atoms with Crippen molar-refractivity contribution in [3.05, 3.63) is 82.6 Å². The predicted octanol–water partition coefficient (Wildman–Crippen LogP) is 5.29. The van der Waals surface area contributed by atoms with Gasteiger partial charge in [0.1, 0.15) is 29.5 Å². The van der Waals surface area contributed by atoms with Crippen LogP contribution in [0.3, 0.4) is 0 Å². The van der Waals surface area contributed by atoms with Crippen LogP contribution in [0.4, 0.5) is 4.39 Å². The Bertz CT molecular complexity index is 1700. The average Bonchev–Trinajstić information content (AvgIpc) is 3.35. The fourth-order valence-corrected chi connectivity index (χ4v) is 5.80. The lowest BCUT2D eigenvalue weighted by molar-refractivity contribution is -0.0592. The number of hydrogen-bond acceptors (Lipinski definition) is 8. The maximum Gasteiger partial charge on any atom is 0.335 e. The van der Waals surface area contributed by atoms with Crippen LogP contribution in [-0.2, 0) is 24.4 Å². The van der Waals surface area contributed by atoms with Gasteiger partial charge in [0.05, 0.1) is 48.5 Å². The first-order valence-electron chi connectivity index (χ1n) is 14.9. The highest BCUT2D eigenvalue weighted by Gasteiger charge is 2.27. The summed E-state index contributed by atoms with van der Waals surface area (Å²) in [6.07, 6.45) is 2.84. The quantitative estimate of drug-likeness (QED) is 0.245. The van der Waals surface area contributed by atoms with Gasteiger partial charge in [0.15, 0.2) is 0 Å². The number of pyridine rings is 1. The van der Waals surface area contributed by atoms with E-state index >= 15 is 0 Å². The molecule has 2 aromatic heterocycles. The zero-order valence-electron chi connectivity index (χ0n) is 24.5. The summed E-state index contributed by atoms with van der Waals surface area (Å²) in [5.74, 6) is 0.552. The van der Waals surface area contributed by atoms with Crippen LogP contribution in [-0.4, -0.2) is 62.9 Å². The molecule has 0 aliphatic carbocycles. The summed E-state index contributed by atoms with van der Waals surface area (Å²) in [7, 11) is 0. The smallest absolute Gasteiger partial charge is 0.335 e. The Kier molecular flexibility index (Phi) is 8.72. The lowest BCUT2D eigenvalue weighted by Crippen LogP contribution is -2.35. The van der Waals surface area contributed by atoms with E-state index in [1.165, 1.54) is 6.07 Å². The maximum atomic E-state index is 14.3. The van der Waals surface area contributed by atoms with Gasteiger partial charge >= 0.3 is 5.97 Å². The van der Waals surface area contributed by atoms with Crippen molar-refractivity contribution in [2.45, 2.75) is 57.9 Å². The van der Waals surface area contributed by atoms with Gasteiger partial charge in [-0.15, -0.1) is 0 Å². The number of fused-ring (bicyclic) bond motifs is 1. The molecular weight excluding hydrogens is 565 g/mol. The molecule has 4 heterocycles. The van der Waals surface area contributed by atoms with Crippen molar-refractivity contribution in [1.29, 1.82) is 5.26 Å². The number of carboxylic acid groups (broad SMARTS) is 1. The average molecular weight is 600 g/mol. The first-order valence-corrected chi connectivity index (χ1v) is 14.9. The van der Waals surface area contributed by atoms with E-state index in [1.54, 1.807) is 30.3 Å². The summed E-state index contributed by atoms with van der Waals surface area (Å²) in [5, 5.41) is 18.7. The van der Waals surface area contributed by atoms with E-state index in [9.17, 15) is 14.3 Å². The molecule has 2 aliphatic heterocycles. The summed E-state index contributed by atoms with van der Waals surface area (Å²) in [5.41, 5.74) is 3.17. The molecule has 11 heteroatoms. The molecule has 0 spiro atoms. The summed E-state index contributed by atoms with van der Waals surface area (Å²) in [4.78, 5) is 23.9. The van der Waals surface area contributed by atoms with Crippen LogP contribution in [0.15, 0.2) is 48.5 Å². The van der Waals surface area contributed by atoms with Crippen molar-refractivity contribution < 1.29 is 28.5 Å². The normalized spacial score (nSPS) is 17.2. The van der Waals surface area contributed by atoms with Crippen LogP contribution in [0, 0.1) is 17.1 Å². The van der Waals surface area contributed by atoms with E-state index < -0.39 is 11.8 Å². The molecule has 44 heavy (non-hydrogen) atoms. The number of aromatic nitrogens is 3. The Labute approximate surface area is 254 Å². The number of imidazole rings is 1. The van der Waals surface area contributed by atoms with Gasteiger partial charge in [0, 0.05) is 29.8 Å². The number of benzene rings is 2. The van der Waals surface area contributed by atoms with Crippen LogP contribution in [0.2, 0.25) is 0 Å². The summed E-state index contributed by atoms with van der Waals surface area (Å²) >= 11 is 0. The summed E-state index contributed by atoms with van der Waals surface area (Å²) in [6.45, 7) is 5.96. The second-order valence-electron chi connectivity index (χ2n) is 11.2. The number of nitrogens with zero attached hydrogens (tertiary/aromatic N) is 5. The Morgan fingerprint density at radius 1 is 1.14 bits per heavy atom. The van der Waals surface area contributed by atoms with Crippen molar-refractivity contribution in [2.75, 3.05) is 26.3 Å². The highest BCUT2D eigenvalue weighted by atomic mass is 19.1. The van der Waals surface area contributed by atoms with Crippen LogP contribution in [0.25, 0.3) is 11.0 Å². The minimum absolute atomic E-state index is 0.0261. The standard InChI is InChI=1S/C33H34FN5O5/c1-2-42-29-16-24(33(40)41)15-28-32(29)37-30(39(28)18-25-10-13-43-25)19-38-11-8-22(9-12-38)27-4-3-5-31(36-27)44-20-23-7-6-21(17-35)14-26(23)34/h3-7,14-16,22,25H,2,8-13,18-20H2,1H3,(H,40,41)/t25-/m0/s1. The first-order chi connectivity index (χ1) is 21.4. The van der Waals surface area contributed by atoms with Gasteiger partial charge in [-0.05, 0) is 69.6 Å². The van der Waals surface area contributed by atoms with Crippen LogP contribution >= 0.6 is 0 Å². The zero-order chi connectivity index (χ0) is 30.6. The largest absolute Gasteiger partial charge is 0.492 e. The lowest BCUT2D eigenvalue weighted by atomic mass is 9.93. The third kappa shape index (κ3) is 6.37. The molecule has 0 bridgehead atoms. The van der Waals surface area contributed by atoms with E-state index in [0.29, 0.717) is 42.4 Å². The molecule has 0 amide bonds. The number of halogens is 1. The van der Waals surface area contributed by atoms with Gasteiger partial charge in [-0.1, -0.05) is 12.1 Å². The molecule has 1 N–H and O–H groups in total. The third-order valence-corrected chi connectivity index (χ3v) is 8.30. The van der Waals surface area contributed by atoms with Crippen molar-refractivity contribution in [3.8, 4) is 17.7 Å². The van der Waals surface area contributed by atoms with E-state index in [2.05, 4.69) is 9.47 Å². The fourth-order valence-electron chi connectivity index (χ4n) is 5.80. The molecule has 0 unspecified atom stereocenters. The second kappa shape index (κ2) is 13.0. The second-order valence-corrected chi connectivity index (χ2v) is 11.2. The maximum absolute atomic E-state index is 14.3. The Balaban J connectivity index is 1.14. The van der Waals surface area contributed by atoms with Gasteiger partial charge in [0.2, 0.25) is 5.88 Å². The molecule has 2 aliphatic rings. The van der Waals surface area contributed by atoms with E-state index in [-0.39, 0.29) is 29.8 Å². The molecule has 1 atom stereocenters. The van der Waals surface area contributed by atoms with E-state index in [4.69, 9.17) is 29.4 Å². The van der Waals surface area contributed by atoms with Gasteiger partial charge in [0.25, 0.3) is 0 Å². The third-order valence-electron chi connectivity index (χ3n) is 8.30. The minimum atomic E-state index is -1.01. The predicted molar refractivity (Wildman–Crippen MR) is 159 cm³/mol. The fraction of sp³-hybridized carbons (Fsp3) is 0.394. The number of piperidine rings is 1. The Morgan fingerprint density at radius 3 is 2.64 bits per heavy atom. The molecule has 2 aromatic carbocycles. The van der Waals surface area contributed by atoms with Crippen LogP contribution in [0.1, 0.15) is 65.1 Å². The van der Waals surface area contributed by atoms with Crippen molar-refractivity contribution in [1.82, 2.24) is 19.4 Å². The molecule has 2 fully saturated rings. The molecule has 228 valence electrons. The number of hydrogen-bond donors (Lipinski definition) is 1. The van der Waals surface area contributed by atoms with Crippen molar-refractivity contribution in [3.63, 3.8) is 0 Å². The summed E-state index contributed by atoms with van der Waals surface area (Å²) < 4.78 is 33.7. The van der Waals surface area contributed by atoms with E-state index in [1.807, 2.05) is 25.1 Å². The zero-order valence-corrected chi connectivity index (χ0v) is 24.5. The Morgan fingerprint density at radius 2 is 1.95 bits per heavy atom. The van der Waals surface area contributed by atoms with Crippen LogP contribution in [0.5, 0.6) is 11.6 Å². The molecular formula is C33H34FN5O5. The molecule has 4 aromatic rings. The highest BCUT2D eigenvalue weighted by molar-refractivity contribution is 5.95. The topological polar surface area (TPSA) is 123 Å². The van der Waals surface area contributed by atoms with Crippen molar-refractivity contribution in [2.24, 2.45) is 0 Å². The number of ether oxygens (including phenoxy) is 3. The monoisotopic (exact) mass is 599 g/mol. The van der Waals surface area contributed by atoms with Gasteiger partial charge < -0.3 is 23.9 Å².